The predicted molar refractivity (Wildman–Crippen MR) is 169 cm³/mol. The van der Waals surface area contributed by atoms with Crippen LogP contribution in [0.5, 0.6) is 0 Å². The van der Waals surface area contributed by atoms with Crippen molar-refractivity contribution in [1.82, 2.24) is 10.2 Å². The number of anilines is 1. The van der Waals surface area contributed by atoms with Crippen molar-refractivity contribution < 1.29 is 13.2 Å². The molecule has 1 fully saturated rings. The number of aryl methyl sites for hydroxylation is 1. The normalized spacial score (nSPS) is 18.2. The Balaban J connectivity index is 1.28. The van der Waals surface area contributed by atoms with Gasteiger partial charge in [0.2, 0.25) is 0 Å². The molecule has 6 nitrogen and oxygen atoms in total. The topological polar surface area (TPSA) is 78.5 Å². The minimum absolute atomic E-state index is 0.0634. The lowest BCUT2D eigenvalue weighted by atomic mass is 9.76. The van der Waals surface area contributed by atoms with E-state index >= 15 is 0 Å². The summed E-state index contributed by atoms with van der Waals surface area (Å²) in [5.41, 5.74) is 2.26. The highest BCUT2D eigenvalue weighted by molar-refractivity contribution is 7.91. The van der Waals surface area contributed by atoms with E-state index in [1.165, 1.54) is 23.8 Å². The number of halogens is 2. The van der Waals surface area contributed by atoms with Crippen molar-refractivity contribution in [2.45, 2.75) is 49.5 Å². The summed E-state index contributed by atoms with van der Waals surface area (Å²) in [6.45, 7) is 0.609. The first-order valence-corrected chi connectivity index (χ1v) is 16.5. The molecule has 1 aliphatic carbocycles. The molecule has 220 valence electrons. The fraction of sp³-hybridized carbons (Fsp3) is 0.406. The van der Waals surface area contributed by atoms with Crippen LogP contribution in [0, 0.1) is 11.8 Å². The number of sulfone groups is 1. The first-order chi connectivity index (χ1) is 19.6. The molecular weight excluding hydrogens is 577 g/mol. The Bertz CT molecular complexity index is 1410. The van der Waals surface area contributed by atoms with Crippen LogP contribution in [0.4, 0.5) is 5.69 Å². The van der Waals surface area contributed by atoms with Gasteiger partial charge in [-0.1, -0.05) is 65.7 Å². The average Bonchev–Trinajstić information content (AvgIpc) is 2.97. The van der Waals surface area contributed by atoms with Crippen molar-refractivity contribution in [2.75, 3.05) is 31.8 Å². The molecule has 4 rings (SSSR count). The lowest BCUT2D eigenvalue weighted by molar-refractivity contribution is 0.0933. The number of amides is 1. The molecule has 0 heterocycles. The van der Waals surface area contributed by atoms with Gasteiger partial charge < -0.3 is 15.5 Å². The number of hydrogen-bond donors (Lipinski definition) is 2. The second-order valence-corrected chi connectivity index (χ2v) is 13.9. The molecule has 1 saturated carbocycles. The molecule has 0 bridgehead atoms. The first-order valence-electron chi connectivity index (χ1n) is 14.1. The molecule has 0 saturated heterocycles. The van der Waals surface area contributed by atoms with Crippen LogP contribution in [0.1, 0.15) is 48.0 Å². The molecule has 3 aromatic carbocycles. The smallest absolute Gasteiger partial charge is 0.253 e. The van der Waals surface area contributed by atoms with E-state index in [-0.39, 0.29) is 26.7 Å². The van der Waals surface area contributed by atoms with Crippen LogP contribution in [0.25, 0.3) is 0 Å². The highest BCUT2D eigenvalue weighted by Crippen LogP contribution is 2.34. The monoisotopic (exact) mass is 615 g/mol. The minimum atomic E-state index is -3.70. The van der Waals surface area contributed by atoms with Gasteiger partial charge in [-0.2, -0.15) is 0 Å². The summed E-state index contributed by atoms with van der Waals surface area (Å²) in [7, 11) is 0.670. The van der Waals surface area contributed by atoms with Crippen LogP contribution >= 0.6 is 23.2 Å². The molecule has 1 unspecified atom stereocenters. The highest BCUT2D eigenvalue weighted by Gasteiger charge is 2.29. The van der Waals surface area contributed by atoms with Gasteiger partial charge in [-0.25, -0.2) is 8.42 Å². The van der Waals surface area contributed by atoms with Gasteiger partial charge in [0.05, 0.1) is 20.5 Å². The van der Waals surface area contributed by atoms with Crippen LogP contribution < -0.4 is 10.6 Å². The van der Waals surface area contributed by atoms with Crippen molar-refractivity contribution in [2.24, 2.45) is 11.8 Å². The second kappa shape index (κ2) is 14.5. The largest absolute Gasteiger partial charge is 0.371 e. The molecule has 0 aromatic heterocycles. The molecule has 2 N–H and O–H groups in total. The molecule has 1 aliphatic rings. The molecule has 3 aromatic rings. The van der Waals surface area contributed by atoms with Crippen LogP contribution in [0.3, 0.4) is 0 Å². The molecule has 9 heteroatoms. The zero-order valence-corrected chi connectivity index (χ0v) is 26.0. The summed E-state index contributed by atoms with van der Waals surface area (Å²) in [6, 6.07) is 22.4. The number of carbonyl (C=O) groups is 1. The van der Waals surface area contributed by atoms with Gasteiger partial charge >= 0.3 is 0 Å². The van der Waals surface area contributed by atoms with Crippen LogP contribution in [-0.4, -0.2) is 51.8 Å². The third-order valence-electron chi connectivity index (χ3n) is 8.10. The van der Waals surface area contributed by atoms with Gasteiger partial charge in [0.15, 0.2) is 9.84 Å². The Morgan fingerprint density at radius 3 is 2.29 bits per heavy atom. The zero-order valence-electron chi connectivity index (χ0n) is 23.7. The van der Waals surface area contributed by atoms with Crippen LogP contribution in [0.2, 0.25) is 10.0 Å². The van der Waals surface area contributed by atoms with E-state index in [0.717, 1.165) is 38.5 Å². The zero-order chi connectivity index (χ0) is 29.4. The Hall–Kier alpha value is -2.58. The molecular formula is C32H39Cl2N3O3S. The number of nitrogens with zero attached hydrogens (tertiary/aromatic N) is 1. The van der Waals surface area contributed by atoms with Crippen molar-refractivity contribution in [1.29, 1.82) is 0 Å². The summed E-state index contributed by atoms with van der Waals surface area (Å²) < 4.78 is 25.7. The first kappa shape index (κ1) is 31.4. The summed E-state index contributed by atoms with van der Waals surface area (Å²) >= 11 is 11.9. The van der Waals surface area contributed by atoms with E-state index in [2.05, 4.69) is 60.0 Å². The van der Waals surface area contributed by atoms with Gasteiger partial charge in [-0.15, -0.1) is 0 Å². The second-order valence-electron chi connectivity index (χ2n) is 11.1. The van der Waals surface area contributed by atoms with Gasteiger partial charge in [0.1, 0.15) is 5.88 Å². The van der Waals surface area contributed by atoms with Crippen molar-refractivity contribution >= 4 is 44.6 Å². The average molecular weight is 617 g/mol. The van der Waals surface area contributed by atoms with Crippen LogP contribution in [0.15, 0.2) is 77.7 Å². The van der Waals surface area contributed by atoms with Crippen molar-refractivity contribution in [3.05, 3.63) is 94.0 Å². The molecule has 0 aliphatic heterocycles. The predicted octanol–water partition coefficient (Wildman–Crippen LogP) is 6.94. The highest BCUT2D eigenvalue weighted by atomic mass is 35.5. The Labute approximate surface area is 254 Å². The summed E-state index contributed by atoms with van der Waals surface area (Å²) in [6.07, 6.45) is 6.71. The maximum atomic E-state index is 13.1. The standard InChI is InChI=1S/C32H39Cl2N3O3S/c1-37(2)31(19-14-23-8-4-3-5-9-23)25-15-12-24(13-16-25)21-35-32(38)27-10-6-7-11-30(27)36-22-41(39,40)26-17-18-28(33)29(34)20-26/h3-11,17-18,20,24-25,31,36H,12-16,19,21-22H2,1-2H3,(H,35,38). The fourth-order valence-corrected chi connectivity index (χ4v) is 7.19. The van der Waals surface area contributed by atoms with E-state index in [9.17, 15) is 13.2 Å². The molecule has 1 atom stereocenters. The third kappa shape index (κ3) is 8.71. The van der Waals surface area contributed by atoms with Crippen LogP contribution in [-0.2, 0) is 16.3 Å². The minimum Gasteiger partial charge on any atom is -0.371 e. The number of hydrogen-bond acceptors (Lipinski definition) is 5. The quantitative estimate of drug-likeness (QED) is 0.231. The van der Waals surface area contributed by atoms with Crippen molar-refractivity contribution in [3.8, 4) is 0 Å². The van der Waals surface area contributed by atoms with E-state index in [4.69, 9.17) is 23.2 Å². The number of benzene rings is 3. The SMILES string of the molecule is CN(C)C(CCc1ccccc1)C1CCC(CNC(=O)c2ccccc2NCS(=O)(=O)c2ccc(Cl)c(Cl)c2)CC1. The lowest BCUT2D eigenvalue weighted by Gasteiger charge is -2.37. The number of carbonyl (C=O) groups excluding carboxylic acids is 1. The maximum absolute atomic E-state index is 13.1. The van der Waals surface area contributed by atoms with E-state index in [1.54, 1.807) is 24.3 Å². The number of nitrogens with one attached hydrogen (secondary N) is 2. The van der Waals surface area contributed by atoms with Gasteiger partial charge in [-0.05, 0) is 100 Å². The van der Waals surface area contributed by atoms with E-state index in [0.29, 0.717) is 35.7 Å². The maximum Gasteiger partial charge on any atom is 0.253 e. The number of rotatable bonds is 12. The van der Waals surface area contributed by atoms with Crippen molar-refractivity contribution in [3.63, 3.8) is 0 Å². The lowest BCUT2D eigenvalue weighted by Crippen LogP contribution is -2.39. The summed E-state index contributed by atoms with van der Waals surface area (Å²) in [5.74, 6) is 0.498. The summed E-state index contributed by atoms with van der Waals surface area (Å²) in [5, 5.41) is 6.48. The van der Waals surface area contributed by atoms with E-state index < -0.39 is 9.84 Å². The molecule has 0 spiro atoms. The Morgan fingerprint density at radius 1 is 0.927 bits per heavy atom. The summed E-state index contributed by atoms with van der Waals surface area (Å²) in [4.78, 5) is 15.6. The van der Waals surface area contributed by atoms with Gasteiger partial charge in [-0.3, -0.25) is 4.79 Å². The van der Waals surface area contributed by atoms with Gasteiger partial charge in [0.25, 0.3) is 5.91 Å². The van der Waals surface area contributed by atoms with Gasteiger partial charge in [0, 0.05) is 18.3 Å². The molecule has 0 radical (unpaired) electrons. The third-order valence-corrected chi connectivity index (χ3v) is 10.3. The molecule has 41 heavy (non-hydrogen) atoms. The Morgan fingerprint density at radius 2 is 1.61 bits per heavy atom. The Kier molecular flexibility index (Phi) is 11.1. The fourth-order valence-electron chi connectivity index (χ4n) is 5.75. The van der Waals surface area contributed by atoms with E-state index in [1.807, 2.05) is 0 Å². The molecule has 1 amide bonds. The number of para-hydroxylation sites is 1.